The third kappa shape index (κ3) is 3.25. The highest BCUT2D eigenvalue weighted by Gasteiger charge is 2.36. The predicted octanol–water partition coefficient (Wildman–Crippen LogP) is 3.08. The number of hydrogen-bond acceptors (Lipinski definition) is 6. The molecule has 25 heavy (non-hydrogen) atoms. The lowest BCUT2D eigenvalue weighted by molar-refractivity contribution is -0.124. The summed E-state index contributed by atoms with van der Waals surface area (Å²) in [6.07, 6.45) is -0.422. The molecule has 2 aliphatic heterocycles. The van der Waals surface area contributed by atoms with Crippen LogP contribution in [0.5, 0.6) is 11.5 Å². The zero-order chi connectivity index (χ0) is 17.6. The largest absolute Gasteiger partial charge is 0.454 e. The zero-order valence-corrected chi connectivity index (χ0v) is 14.4. The summed E-state index contributed by atoms with van der Waals surface area (Å²) in [4.78, 5) is 18.6. The number of hydrogen-bond donors (Lipinski definition) is 1. The summed E-state index contributed by atoms with van der Waals surface area (Å²) < 4.78 is 38.0. The normalized spacial score (nSPS) is 20.6. The van der Waals surface area contributed by atoms with E-state index in [4.69, 9.17) is 9.47 Å². The number of anilines is 1. The second-order valence-electron chi connectivity index (χ2n) is 6.25. The fraction of sp³-hybridized carbons (Fsp3) is 0.500. The van der Waals surface area contributed by atoms with Gasteiger partial charge in [-0.1, -0.05) is 11.3 Å². The number of nitrogens with one attached hydrogen (secondary N) is 1. The Bertz CT molecular complexity index is 775. The van der Waals surface area contributed by atoms with Gasteiger partial charge < -0.3 is 14.8 Å². The number of rotatable bonds is 3. The maximum atomic E-state index is 13.3. The van der Waals surface area contributed by atoms with Crippen molar-refractivity contribution in [3.63, 3.8) is 0 Å². The number of fused-ring (bicyclic) bond motifs is 2. The van der Waals surface area contributed by atoms with Gasteiger partial charge in [0.2, 0.25) is 12.7 Å². The Morgan fingerprint density at radius 2 is 2.00 bits per heavy atom. The number of benzene rings is 1. The van der Waals surface area contributed by atoms with Crippen LogP contribution in [-0.2, 0) is 4.79 Å². The van der Waals surface area contributed by atoms with Gasteiger partial charge in [0.05, 0.1) is 16.3 Å². The maximum Gasteiger partial charge on any atom is 0.250 e. The average molecular weight is 369 g/mol. The Morgan fingerprint density at radius 3 is 2.72 bits per heavy atom. The van der Waals surface area contributed by atoms with Crippen molar-refractivity contribution in [2.75, 3.05) is 25.2 Å². The van der Waals surface area contributed by atoms with Gasteiger partial charge >= 0.3 is 0 Å². The fourth-order valence-electron chi connectivity index (χ4n) is 2.99. The molecule has 0 bridgehead atoms. The molecule has 1 N–H and O–H groups in total. The molecule has 4 rings (SSSR count). The van der Waals surface area contributed by atoms with Crippen LogP contribution >= 0.6 is 11.3 Å². The molecular formula is C16H17F2N3O3S. The monoisotopic (exact) mass is 369 g/mol. The van der Waals surface area contributed by atoms with E-state index >= 15 is 0 Å². The number of nitrogens with zero attached hydrogens (tertiary/aromatic N) is 2. The lowest BCUT2D eigenvalue weighted by Crippen LogP contribution is -2.48. The van der Waals surface area contributed by atoms with Crippen molar-refractivity contribution in [3.8, 4) is 11.5 Å². The van der Waals surface area contributed by atoms with E-state index in [1.54, 1.807) is 17.9 Å². The van der Waals surface area contributed by atoms with Crippen LogP contribution in [0.2, 0.25) is 0 Å². The topological polar surface area (TPSA) is 63.7 Å². The zero-order valence-electron chi connectivity index (χ0n) is 13.6. The van der Waals surface area contributed by atoms with Gasteiger partial charge in [-0.05, 0) is 6.92 Å². The first-order chi connectivity index (χ1) is 11.9. The lowest BCUT2D eigenvalue weighted by Gasteiger charge is -2.34. The molecule has 1 atom stereocenters. The molecule has 0 saturated carbocycles. The average Bonchev–Trinajstić information content (AvgIpc) is 3.16. The number of halogens is 2. The molecule has 3 heterocycles. The number of likely N-dealkylation sites (tertiary alicyclic amines) is 1. The van der Waals surface area contributed by atoms with Crippen LogP contribution in [0.3, 0.4) is 0 Å². The van der Waals surface area contributed by atoms with Crippen molar-refractivity contribution in [2.45, 2.75) is 31.7 Å². The molecular weight excluding hydrogens is 352 g/mol. The van der Waals surface area contributed by atoms with Crippen LogP contribution in [0.4, 0.5) is 13.9 Å². The van der Waals surface area contributed by atoms with E-state index in [-0.39, 0.29) is 38.6 Å². The Hall–Kier alpha value is -2.00. The summed E-state index contributed by atoms with van der Waals surface area (Å²) in [6.45, 7) is 2.34. The van der Waals surface area contributed by atoms with Crippen molar-refractivity contribution in [3.05, 3.63) is 12.1 Å². The van der Waals surface area contributed by atoms with Crippen LogP contribution in [0, 0.1) is 0 Å². The summed E-state index contributed by atoms with van der Waals surface area (Å²) in [6, 6.07) is 3.13. The second kappa shape index (κ2) is 6.06. The third-order valence-electron chi connectivity index (χ3n) is 4.57. The Labute approximate surface area is 146 Å². The number of carbonyl (C=O) groups is 1. The van der Waals surface area contributed by atoms with Crippen LogP contribution < -0.4 is 14.8 Å². The van der Waals surface area contributed by atoms with Gasteiger partial charge in [0.25, 0.3) is 5.92 Å². The molecule has 0 radical (unpaired) electrons. The number of piperidine rings is 1. The highest BCUT2D eigenvalue weighted by molar-refractivity contribution is 7.22. The minimum atomic E-state index is -2.62. The van der Waals surface area contributed by atoms with Gasteiger partial charge in [0.1, 0.15) is 0 Å². The smallest absolute Gasteiger partial charge is 0.250 e. The fourth-order valence-corrected chi connectivity index (χ4v) is 3.86. The van der Waals surface area contributed by atoms with Crippen molar-refractivity contribution in [1.29, 1.82) is 0 Å². The lowest BCUT2D eigenvalue weighted by atomic mass is 10.1. The molecule has 9 heteroatoms. The van der Waals surface area contributed by atoms with Crippen LogP contribution in [0.25, 0.3) is 10.2 Å². The molecule has 0 unspecified atom stereocenters. The van der Waals surface area contributed by atoms with Crippen molar-refractivity contribution in [2.24, 2.45) is 0 Å². The van der Waals surface area contributed by atoms with E-state index in [1.165, 1.54) is 11.3 Å². The SMILES string of the molecule is C[C@@H](C(=O)Nc1nc2cc3c(cc2s1)OCO3)N1CCC(F)(F)CC1. The summed E-state index contributed by atoms with van der Waals surface area (Å²) in [5.74, 6) is -1.57. The predicted molar refractivity (Wildman–Crippen MR) is 89.6 cm³/mol. The van der Waals surface area contributed by atoms with Gasteiger partial charge in [-0.3, -0.25) is 9.69 Å². The Balaban J connectivity index is 1.44. The molecule has 0 aliphatic carbocycles. The highest BCUT2D eigenvalue weighted by atomic mass is 32.1. The van der Waals surface area contributed by atoms with Crippen LogP contribution in [-0.4, -0.2) is 47.6 Å². The number of amides is 1. The van der Waals surface area contributed by atoms with Crippen molar-refractivity contribution < 1.29 is 23.0 Å². The minimum absolute atomic E-state index is 0.197. The van der Waals surface area contributed by atoms with E-state index in [9.17, 15) is 13.6 Å². The molecule has 6 nitrogen and oxygen atoms in total. The minimum Gasteiger partial charge on any atom is -0.454 e. The van der Waals surface area contributed by atoms with E-state index in [0.717, 1.165) is 10.2 Å². The molecule has 1 saturated heterocycles. The first kappa shape index (κ1) is 16.5. The number of alkyl halides is 2. The van der Waals surface area contributed by atoms with E-state index in [2.05, 4.69) is 10.3 Å². The molecule has 0 spiro atoms. The maximum absolute atomic E-state index is 13.3. The van der Waals surface area contributed by atoms with Crippen molar-refractivity contribution >= 4 is 32.6 Å². The quantitative estimate of drug-likeness (QED) is 0.901. The van der Waals surface area contributed by atoms with Gasteiger partial charge in [-0.15, -0.1) is 0 Å². The Kier molecular flexibility index (Phi) is 3.99. The summed E-state index contributed by atoms with van der Waals surface area (Å²) >= 11 is 1.34. The second-order valence-corrected chi connectivity index (χ2v) is 7.28. The number of ether oxygens (including phenoxy) is 2. The highest BCUT2D eigenvalue weighted by Crippen LogP contribution is 2.39. The summed E-state index contributed by atoms with van der Waals surface area (Å²) in [5, 5.41) is 3.25. The van der Waals surface area contributed by atoms with Gasteiger partial charge in [-0.2, -0.15) is 0 Å². The Morgan fingerprint density at radius 1 is 1.32 bits per heavy atom. The molecule has 1 fully saturated rings. The van der Waals surface area contributed by atoms with Gasteiger partial charge in [0.15, 0.2) is 16.6 Å². The van der Waals surface area contributed by atoms with Gasteiger partial charge in [0, 0.05) is 38.1 Å². The van der Waals surface area contributed by atoms with E-state index in [0.29, 0.717) is 16.6 Å². The summed E-state index contributed by atoms with van der Waals surface area (Å²) in [5.41, 5.74) is 0.717. The van der Waals surface area contributed by atoms with Crippen LogP contribution in [0.15, 0.2) is 12.1 Å². The first-order valence-electron chi connectivity index (χ1n) is 8.04. The molecule has 1 aromatic carbocycles. The van der Waals surface area contributed by atoms with E-state index < -0.39 is 12.0 Å². The molecule has 2 aromatic rings. The summed E-state index contributed by atoms with van der Waals surface area (Å²) in [7, 11) is 0. The third-order valence-corrected chi connectivity index (χ3v) is 5.50. The molecule has 1 amide bonds. The van der Waals surface area contributed by atoms with E-state index in [1.807, 2.05) is 6.07 Å². The molecule has 1 aromatic heterocycles. The molecule has 2 aliphatic rings. The number of carbonyl (C=O) groups excluding carboxylic acids is 1. The van der Waals surface area contributed by atoms with Crippen LogP contribution in [0.1, 0.15) is 19.8 Å². The molecule has 134 valence electrons. The van der Waals surface area contributed by atoms with Gasteiger partial charge in [-0.25, -0.2) is 13.8 Å². The standard InChI is InChI=1S/C16H17F2N3O3S/c1-9(21-4-2-16(17,18)3-5-21)14(22)20-15-19-10-6-11-12(24-8-23-11)7-13(10)25-15/h6-7,9H,2-5,8H2,1H3,(H,19,20,22)/t9-/m0/s1. The van der Waals surface area contributed by atoms with Crippen molar-refractivity contribution in [1.82, 2.24) is 9.88 Å². The number of thiazole rings is 1. The first-order valence-corrected chi connectivity index (χ1v) is 8.86. The number of aromatic nitrogens is 1.